The number of morpholine rings is 1. The van der Waals surface area contributed by atoms with Gasteiger partial charge in [-0.1, -0.05) is 17.7 Å². The van der Waals surface area contributed by atoms with Gasteiger partial charge in [-0.05, 0) is 43.3 Å². The maximum Gasteiger partial charge on any atom is 0.261 e. The minimum atomic E-state index is -3.79. The number of hydrogen-bond donors (Lipinski definition) is 2. The van der Waals surface area contributed by atoms with E-state index in [1.54, 1.807) is 24.3 Å². The maximum absolute atomic E-state index is 12.5. The number of hydrogen-bond acceptors (Lipinski definition) is 6. The van der Waals surface area contributed by atoms with E-state index in [2.05, 4.69) is 10.0 Å². The van der Waals surface area contributed by atoms with Crippen molar-refractivity contribution in [2.75, 3.05) is 43.3 Å². The normalized spacial score (nSPS) is 15.4. The molecule has 3 rings (SSSR count). The van der Waals surface area contributed by atoms with Crippen LogP contribution in [0.4, 0.5) is 5.69 Å². The molecule has 0 aliphatic carbocycles. The Balaban J connectivity index is 1.56. The van der Waals surface area contributed by atoms with Crippen LogP contribution >= 0.6 is 0 Å². The molecule has 0 spiro atoms. The second kappa shape index (κ2) is 9.77. The van der Waals surface area contributed by atoms with Crippen molar-refractivity contribution in [3.63, 3.8) is 0 Å². The van der Waals surface area contributed by atoms with Gasteiger partial charge in [-0.15, -0.1) is 0 Å². The van der Waals surface area contributed by atoms with Gasteiger partial charge in [0.2, 0.25) is 10.0 Å². The third-order valence-electron chi connectivity index (χ3n) is 4.74. The Kier molecular flexibility index (Phi) is 7.31. The van der Waals surface area contributed by atoms with Gasteiger partial charge in [-0.2, -0.15) is 4.31 Å². The lowest BCUT2D eigenvalue weighted by atomic mass is 10.2. The molecule has 2 aromatic rings. The third-order valence-corrected chi connectivity index (χ3v) is 8.01. The number of carbonyl (C=O) groups is 1. The summed E-state index contributed by atoms with van der Waals surface area (Å²) in [6.07, 6.45) is 0. The molecule has 9 nitrogen and oxygen atoms in total. The predicted molar refractivity (Wildman–Crippen MR) is 117 cm³/mol. The standard InChI is InChI=1S/C20H25N3O6S2/c1-16-2-6-18(7-3-16)22-31(27,28)19-8-4-17(5-9-19)20(24)21-10-15-30(25,26)23-11-13-29-14-12-23/h2-9,22H,10-15H2,1H3,(H,21,24). The number of ether oxygens (including phenoxy) is 1. The van der Waals surface area contributed by atoms with E-state index in [1.165, 1.54) is 28.6 Å². The number of sulfonamides is 2. The minimum Gasteiger partial charge on any atom is -0.379 e. The summed E-state index contributed by atoms with van der Waals surface area (Å²) < 4.78 is 58.5. The molecule has 1 amide bonds. The van der Waals surface area contributed by atoms with Crippen LogP contribution in [0.1, 0.15) is 15.9 Å². The van der Waals surface area contributed by atoms with Crippen molar-refractivity contribution < 1.29 is 26.4 Å². The summed E-state index contributed by atoms with van der Waals surface area (Å²) in [7, 11) is -7.26. The highest BCUT2D eigenvalue weighted by Crippen LogP contribution is 2.17. The number of benzene rings is 2. The summed E-state index contributed by atoms with van der Waals surface area (Å²) in [4.78, 5) is 12.3. The van der Waals surface area contributed by atoms with Crippen LogP contribution in [0, 0.1) is 6.92 Å². The summed E-state index contributed by atoms with van der Waals surface area (Å²) in [6, 6.07) is 12.4. The Hall–Kier alpha value is -2.47. The van der Waals surface area contributed by atoms with Crippen LogP contribution in [-0.2, 0) is 24.8 Å². The van der Waals surface area contributed by atoms with Gasteiger partial charge in [0.15, 0.2) is 0 Å². The van der Waals surface area contributed by atoms with Crippen molar-refractivity contribution in [2.45, 2.75) is 11.8 Å². The Morgan fingerprint density at radius 2 is 1.58 bits per heavy atom. The smallest absolute Gasteiger partial charge is 0.261 e. The van der Waals surface area contributed by atoms with E-state index < -0.39 is 26.0 Å². The summed E-state index contributed by atoms with van der Waals surface area (Å²) in [5, 5.41) is 2.56. The topological polar surface area (TPSA) is 122 Å². The molecule has 1 heterocycles. The van der Waals surface area contributed by atoms with Gasteiger partial charge in [-0.25, -0.2) is 16.8 Å². The Labute approximate surface area is 182 Å². The van der Waals surface area contributed by atoms with Gasteiger partial charge in [0.1, 0.15) is 0 Å². The zero-order chi connectivity index (χ0) is 22.5. The van der Waals surface area contributed by atoms with Gasteiger partial charge >= 0.3 is 0 Å². The fourth-order valence-corrected chi connectivity index (χ4v) is 5.35. The lowest BCUT2D eigenvalue weighted by Crippen LogP contribution is -2.43. The fraction of sp³-hybridized carbons (Fsp3) is 0.350. The van der Waals surface area contributed by atoms with Crippen LogP contribution < -0.4 is 10.0 Å². The highest BCUT2D eigenvalue weighted by molar-refractivity contribution is 7.92. The van der Waals surface area contributed by atoms with E-state index in [-0.39, 0.29) is 22.8 Å². The van der Waals surface area contributed by atoms with E-state index in [0.29, 0.717) is 32.0 Å². The van der Waals surface area contributed by atoms with Gasteiger partial charge in [-0.3, -0.25) is 9.52 Å². The summed E-state index contributed by atoms with van der Waals surface area (Å²) in [5.41, 5.74) is 1.68. The van der Waals surface area contributed by atoms with Crippen LogP contribution in [0.5, 0.6) is 0 Å². The SMILES string of the molecule is Cc1ccc(NS(=O)(=O)c2ccc(C(=O)NCCS(=O)(=O)N3CCOCC3)cc2)cc1. The molecule has 1 fully saturated rings. The molecule has 0 aromatic heterocycles. The van der Waals surface area contributed by atoms with Crippen LogP contribution in [0.3, 0.4) is 0 Å². The largest absolute Gasteiger partial charge is 0.379 e. The maximum atomic E-state index is 12.5. The molecule has 168 valence electrons. The van der Waals surface area contributed by atoms with Crippen molar-refractivity contribution in [1.29, 1.82) is 0 Å². The molecule has 0 saturated carbocycles. The van der Waals surface area contributed by atoms with Crippen molar-refractivity contribution in [2.24, 2.45) is 0 Å². The van der Waals surface area contributed by atoms with E-state index >= 15 is 0 Å². The molecule has 0 atom stereocenters. The molecule has 1 aliphatic heterocycles. The predicted octanol–water partition coefficient (Wildman–Crippen LogP) is 1.19. The molecule has 2 N–H and O–H groups in total. The van der Waals surface area contributed by atoms with E-state index in [4.69, 9.17) is 4.74 Å². The monoisotopic (exact) mass is 467 g/mol. The average Bonchev–Trinajstić information content (AvgIpc) is 2.76. The lowest BCUT2D eigenvalue weighted by molar-refractivity contribution is 0.0730. The van der Waals surface area contributed by atoms with Gasteiger partial charge in [0, 0.05) is 30.9 Å². The number of rotatable bonds is 8. The zero-order valence-electron chi connectivity index (χ0n) is 17.1. The van der Waals surface area contributed by atoms with Gasteiger partial charge in [0.25, 0.3) is 15.9 Å². The number of anilines is 1. The van der Waals surface area contributed by atoms with Gasteiger partial charge in [0.05, 0.1) is 23.9 Å². The first-order valence-electron chi connectivity index (χ1n) is 9.71. The number of amides is 1. The van der Waals surface area contributed by atoms with Crippen LogP contribution in [0.15, 0.2) is 53.4 Å². The quantitative estimate of drug-likeness (QED) is 0.601. The Morgan fingerprint density at radius 3 is 2.19 bits per heavy atom. The van der Waals surface area contributed by atoms with Crippen LogP contribution in [-0.4, -0.2) is 65.6 Å². The Bertz CT molecular complexity index is 1110. The zero-order valence-corrected chi connectivity index (χ0v) is 18.7. The summed E-state index contributed by atoms with van der Waals surface area (Å²) in [6.45, 7) is 3.19. The second-order valence-electron chi connectivity index (χ2n) is 7.08. The molecular formula is C20H25N3O6S2. The number of aryl methyl sites for hydroxylation is 1. The highest BCUT2D eigenvalue weighted by Gasteiger charge is 2.24. The number of carbonyl (C=O) groups excluding carboxylic acids is 1. The molecule has 31 heavy (non-hydrogen) atoms. The van der Waals surface area contributed by atoms with Crippen molar-refractivity contribution in [3.8, 4) is 0 Å². The van der Waals surface area contributed by atoms with Crippen molar-refractivity contribution in [3.05, 3.63) is 59.7 Å². The van der Waals surface area contributed by atoms with Crippen molar-refractivity contribution in [1.82, 2.24) is 9.62 Å². The molecule has 1 aliphatic rings. The van der Waals surface area contributed by atoms with Crippen LogP contribution in [0.2, 0.25) is 0 Å². The molecular weight excluding hydrogens is 442 g/mol. The molecule has 0 unspecified atom stereocenters. The molecule has 1 saturated heterocycles. The first-order valence-corrected chi connectivity index (χ1v) is 12.8. The molecule has 0 radical (unpaired) electrons. The van der Waals surface area contributed by atoms with Crippen molar-refractivity contribution >= 4 is 31.6 Å². The molecule has 2 aromatic carbocycles. The fourth-order valence-electron chi connectivity index (χ4n) is 2.97. The lowest BCUT2D eigenvalue weighted by Gasteiger charge is -2.26. The molecule has 11 heteroatoms. The molecule has 0 bridgehead atoms. The third kappa shape index (κ3) is 6.26. The van der Waals surface area contributed by atoms with E-state index in [9.17, 15) is 21.6 Å². The highest BCUT2D eigenvalue weighted by atomic mass is 32.2. The van der Waals surface area contributed by atoms with Crippen LogP contribution in [0.25, 0.3) is 0 Å². The summed E-state index contributed by atoms with van der Waals surface area (Å²) >= 11 is 0. The first-order chi connectivity index (χ1) is 14.7. The number of nitrogens with one attached hydrogen (secondary N) is 2. The second-order valence-corrected chi connectivity index (χ2v) is 10.9. The minimum absolute atomic E-state index is 0.0134. The first kappa shape index (κ1) is 23.2. The Morgan fingerprint density at radius 1 is 0.968 bits per heavy atom. The van der Waals surface area contributed by atoms with Gasteiger partial charge < -0.3 is 10.1 Å². The van der Waals surface area contributed by atoms with E-state index in [0.717, 1.165) is 5.56 Å². The number of nitrogens with zero attached hydrogens (tertiary/aromatic N) is 1. The summed E-state index contributed by atoms with van der Waals surface area (Å²) in [5.74, 6) is -0.696. The average molecular weight is 468 g/mol. The van der Waals surface area contributed by atoms with E-state index in [1.807, 2.05) is 6.92 Å².